The highest BCUT2D eigenvalue weighted by molar-refractivity contribution is 5.80. The zero-order chi connectivity index (χ0) is 25.0. The molecule has 4 aliphatic rings. The Morgan fingerprint density at radius 3 is 1.97 bits per heavy atom. The molecule has 0 amide bonds. The van der Waals surface area contributed by atoms with Crippen LogP contribution >= 0.6 is 0 Å². The molecular formula is C27H40O7. The number of hydrogen-bond donors (Lipinski definition) is 0. The van der Waals surface area contributed by atoms with Gasteiger partial charge >= 0.3 is 17.9 Å². The van der Waals surface area contributed by atoms with Gasteiger partial charge in [0, 0.05) is 38.0 Å². The summed E-state index contributed by atoms with van der Waals surface area (Å²) in [5.41, 5.74) is -0.499. The summed E-state index contributed by atoms with van der Waals surface area (Å²) in [7, 11) is 0. The van der Waals surface area contributed by atoms with Crippen molar-refractivity contribution in [3.05, 3.63) is 0 Å². The van der Waals surface area contributed by atoms with Gasteiger partial charge in [-0.25, -0.2) is 0 Å². The Balaban J connectivity index is 1.74. The van der Waals surface area contributed by atoms with E-state index in [2.05, 4.69) is 13.8 Å². The number of ketones is 1. The quantitative estimate of drug-likeness (QED) is 0.442. The second-order valence-corrected chi connectivity index (χ2v) is 11.8. The number of Topliss-reactive ketones (excluding diaryl/α,β-unsaturated/α-hetero) is 1. The maximum atomic E-state index is 12.7. The van der Waals surface area contributed by atoms with E-state index in [9.17, 15) is 19.2 Å². The average molecular weight is 477 g/mol. The Morgan fingerprint density at radius 2 is 1.38 bits per heavy atom. The summed E-state index contributed by atoms with van der Waals surface area (Å²) >= 11 is 0. The van der Waals surface area contributed by atoms with Crippen molar-refractivity contribution in [2.45, 2.75) is 105 Å². The third kappa shape index (κ3) is 4.07. The maximum Gasteiger partial charge on any atom is 0.302 e. The molecule has 0 saturated heterocycles. The van der Waals surface area contributed by atoms with E-state index in [-0.39, 0.29) is 77.0 Å². The summed E-state index contributed by atoms with van der Waals surface area (Å²) in [5, 5.41) is 0. The molecule has 0 bridgehead atoms. The molecular weight excluding hydrogens is 436 g/mol. The summed E-state index contributed by atoms with van der Waals surface area (Å²) in [6.45, 7) is 10.4. The molecule has 0 aliphatic heterocycles. The molecule has 0 aromatic rings. The Kier molecular flexibility index (Phi) is 6.62. The van der Waals surface area contributed by atoms with Crippen LogP contribution in [0.5, 0.6) is 0 Å². The van der Waals surface area contributed by atoms with Crippen LogP contribution in [-0.2, 0) is 33.4 Å². The predicted molar refractivity (Wildman–Crippen MR) is 123 cm³/mol. The molecule has 4 fully saturated rings. The second kappa shape index (κ2) is 8.94. The second-order valence-electron chi connectivity index (χ2n) is 11.8. The van der Waals surface area contributed by atoms with E-state index in [4.69, 9.17) is 14.2 Å². The molecule has 0 unspecified atom stereocenters. The van der Waals surface area contributed by atoms with Gasteiger partial charge in [-0.15, -0.1) is 0 Å². The van der Waals surface area contributed by atoms with Crippen LogP contribution in [0.3, 0.4) is 0 Å². The lowest BCUT2D eigenvalue weighted by Crippen LogP contribution is -2.63. The fourth-order valence-electron chi connectivity index (χ4n) is 8.82. The van der Waals surface area contributed by atoms with E-state index in [1.807, 2.05) is 0 Å². The number of hydrogen-bond acceptors (Lipinski definition) is 7. The Morgan fingerprint density at radius 1 is 0.735 bits per heavy atom. The van der Waals surface area contributed by atoms with Crippen LogP contribution in [0.25, 0.3) is 0 Å². The van der Waals surface area contributed by atoms with Crippen molar-refractivity contribution in [3.63, 3.8) is 0 Å². The largest absolute Gasteiger partial charge is 0.463 e. The van der Waals surface area contributed by atoms with Gasteiger partial charge < -0.3 is 14.2 Å². The monoisotopic (exact) mass is 476 g/mol. The molecule has 0 N–H and O–H groups in total. The minimum absolute atomic E-state index is 0.0357. The topological polar surface area (TPSA) is 96.0 Å². The van der Waals surface area contributed by atoms with E-state index < -0.39 is 5.41 Å². The SMILES string of the molecule is CC(=O)O[C@@H]1CC[C@]2(C)[C@@H](C1)C[C@@H](OC(C)=O)[C@@H]1[C@H]2C[C@H](OC(C)=O)[C@@]2(C)[C@@H](C(C)=O)CC[C@@H]12. The number of esters is 3. The minimum Gasteiger partial charge on any atom is -0.463 e. The first-order chi connectivity index (χ1) is 15.9. The van der Waals surface area contributed by atoms with Gasteiger partial charge in [-0.1, -0.05) is 13.8 Å². The van der Waals surface area contributed by atoms with E-state index in [1.165, 1.54) is 20.8 Å². The molecule has 7 nitrogen and oxygen atoms in total. The average Bonchev–Trinajstić information content (AvgIpc) is 3.07. The van der Waals surface area contributed by atoms with Gasteiger partial charge in [0.2, 0.25) is 0 Å². The van der Waals surface area contributed by atoms with Crippen molar-refractivity contribution in [1.82, 2.24) is 0 Å². The van der Waals surface area contributed by atoms with Gasteiger partial charge in [0.25, 0.3) is 0 Å². The minimum atomic E-state index is -0.463. The van der Waals surface area contributed by atoms with E-state index >= 15 is 0 Å². The number of rotatable bonds is 4. The molecule has 7 heteroatoms. The summed E-state index contributed by atoms with van der Waals surface area (Å²) < 4.78 is 17.6. The summed E-state index contributed by atoms with van der Waals surface area (Å²) in [4.78, 5) is 48.7. The first-order valence-corrected chi connectivity index (χ1v) is 12.9. The van der Waals surface area contributed by atoms with Crippen LogP contribution < -0.4 is 0 Å². The first-order valence-electron chi connectivity index (χ1n) is 12.9. The van der Waals surface area contributed by atoms with E-state index in [0.717, 1.165) is 38.5 Å². The highest BCUT2D eigenvalue weighted by atomic mass is 16.6. The molecule has 4 aliphatic carbocycles. The van der Waals surface area contributed by atoms with E-state index in [0.29, 0.717) is 6.42 Å². The Labute approximate surface area is 202 Å². The smallest absolute Gasteiger partial charge is 0.302 e. The highest BCUT2D eigenvalue weighted by Gasteiger charge is 2.67. The molecule has 34 heavy (non-hydrogen) atoms. The molecule has 0 aromatic carbocycles. The van der Waals surface area contributed by atoms with Crippen LogP contribution in [0.1, 0.15) is 86.5 Å². The fourth-order valence-corrected chi connectivity index (χ4v) is 8.82. The van der Waals surface area contributed by atoms with Crippen molar-refractivity contribution < 1.29 is 33.4 Å². The first kappa shape index (κ1) is 25.2. The van der Waals surface area contributed by atoms with Crippen LogP contribution in [0.4, 0.5) is 0 Å². The standard InChI is InChI=1S/C27H40O7/c1-14(28)20-7-8-21-25-22(13-24(27(20,21)6)34-17(4)31)26(5)10-9-19(32-15(2)29)11-18(26)12-23(25)33-16(3)30/h18-25H,7-13H2,1-6H3/t18-,19+,20+,21-,22+,23+,24-,25-,26+,27-/m0/s1. The summed E-state index contributed by atoms with van der Waals surface area (Å²) in [6, 6.07) is 0. The van der Waals surface area contributed by atoms with Gasteiger partial charge in [0.1, 0.15) is 24.1 Å². The van der Waals surface area contributed by atoms with Crippen LogP contribution in [0, 0.1) is 40.4 Å². The molecule has 0 heterocycles. The highest BCUT2D eigenvalue weighted by Crippen LogP contribution is 2.68. The van der Waals surface area contributed by atoms with Gasteiger partial charge in [-0.2, -0.15) is 0 Å². The summed E-state index contributed by atoms with van der Waals surface area (Å²) in [6.07, 6.45) is 4.84. The molecule has 0 radical (unpaired) electrons. The van der Waals surface area contributed by atoms with Crippen molar-refractivity contribution in [1.29, 1.82) is 0 Å². The lowest BCUT2D eigenvalue weighted by atomic mass is 9.43. The third-order valence-corrected chi connectivity index (χ3v) is 10.1. The Hall–Kier alpha value is -1.92. The number of fused-ring (bicyclic) bond motifs is 5. The number of carbonyl (C=O) groups excluding carboxylic acids is 4. The molecule has 0 aromatic heterocycles. The van der Waals surface area contributed by atoms with Crippen molar-refractivity contribution >= 4 is 23.7 Å². The van der Waals surface area contributed by atoms with Crippen molar-refractivity contribution in [2.75, 3.05) is 0 Å². The molecule has 190 valence electrons. The van der Waals surface area contributed by atoms with Gasteiger partial charge in [0.05, 0.1) is 0 Å². The maximum absolute atomic E-state index is 12.7. The predicted octanol–water partition coefficient (Wildman–Crippen LogP) is 4.25. The van der Waals surface area contributed by atoms with Crippen molar-refractivity contribution in [3.8, 4) is 0 Å². The van der Waals surface area contributed by atoms with Gasteiger partial charge in [0.15, 0.2) is 0 Å². The lowest BCUT2D eigenvalue weighted by Gasteiger charge is -2.63. The fraction of sp³-hybridized carbons (Fsp3) is 0.852. The van der Waals surface area contributed by atoms with Gasteiger partial charge in [-0.05, 0) is 75.0 Å². The molecule has 4 saturated carbocycles. The number of ether oxygens (including phenoxy) is 3. The van der Waals surface area contributed by atoms with Crippen LogP contribution in [-0.4, -0.2) is 42.0 Å². The van der Waals surface area contributed by atoms with E-state index in [1.54, 1.807) is 6.92 Å². The molecule has 4 rings (SSSR count). The zero-order valence-electron chi connectivity index (χ0n) is 21.4. The van der Waals surface area contributed by atoms with Crippen LogP contribution in [0.2, 0.25) is 0 Å². The zero-order valence-corrected chi connectivity index (χ0v) is 21.4. The van der Waals surface area contributed by atoms with Gasteiger partial charge in [-0.3, -0.25) is 19.2 Å². The van der Waals surface area contributed by atoms with Crippen LogP contribution in [0.15, 0.2) is 0 Å². The molecule has 0 spiro atoms. The number of carbonyl (C=O) groups is 4. The normalized spacial score (nSPS) is 45.2. The molecule has 10 atom stereocenters. The Bertz CT molecular complexity index is 867. The third-order valence-electron chi connectivity index (χ3n) is 10.1. The lowest BCUT2D eigenvalue weighted by molar-refractivity contribution is -0.222. The van der Waals surface area contributed by atoms with Crippen molar-refractivity contribution in [2.24, 2.45) is 40.4 Å². The summed E-state index contributed by atoms with van der Waals surface area (Å²) in [5.74, 6) is -0.185.